The van der Waals surface area contributed by atoms with Crippen LogP contribution in [0, 0.1) is 5.82 Å². The molecular formula is C20H18ClFN2O4. The molecule has 6 nitrogen and oxygen atoms in total. The largest absolute Gasteiger partial charge is 0.449 e. The zero-order valence-electron chi connectivity index (χ0n) is 15.1. The first kappa shape index (κ1) is 19.8. The number of halogens is 2. The van der Waals surface area contributed by atoms with Crippen LogP contribution in [-0.4, -0.2) is 30.4 Å². The molecule has 3 rings (SSSR count). The second-order valence-electron chi connectivity index (χ2n) is 6.33. The van der Waals surface area contributed by atoms with Gasteiger partial charge < -0.3 is 15.0 Å². The SMILES string of the molecule is C[C@H](OC(=O)c1ccc(Cl)c(N2CCCC2=O)c1)C(=O)Nc1ccccc1F. The third kappa shape index (κ3) is 4.31. The van der Waals surface area contributed by atoms with E-state index < -0.39 is 23.8 Å². The average Bonchev–Trinajstić information content (AvgIpc) is 3.09. The molecule has 0 unspecified atom stereocenters. The van der Waals surface area contributed by atoms with Gasteiger partial charge in [-0.1, -0.05) is 23.7 Å². The molecule has 1 atom stereocenters. The summed E-state index contributed by atoms with van der Waals surface area (Å²) in [6.45, 7) is 1.91. The number of hydrogen-bond acceptors (Lipinski definition) is 4. The van der Waals surface area contributed by atoms with E-state index in [4.69, 9.17) is 16.3 Å². The third-order valence-corrected chi connectivity index (χ3v) is 4.65. The Kier molecular flexibility index (Phi) is 5.94. The number of esters is 1. The Morgan fingerprint density at radius 3 is 2.68 bits per heavy atom. The van der Waals surface area contributed by atoms with E-state index in [-0.39, 0.29) is 17.2 Å². The molecular weight excluding hydrogens is 387 g/mol. The first-order chi connectivity index (χ1) is 13.4. The maximum atomic E-state index is 13.6. The first-order valence-corrected chi connectivity index (χ1v) is 9.11. The zero-order chi connectivity index (χ0) is 20.3. The molecule has 2 aromatic carbocycles. The molecule has 2 aromatic rings. The van der Waals surface area contributed by atoms with Crippen LogP contribution in [0.15, 0.2) is 42.5 Å². The number of para-hydroxylation sites is 1. The van der Waals surface area contributed by atoms with Gasteiger partial charge in [-0.15, -0.1) is 0 Å². The topological polar surface area (TPSA) is 75.7 Å². The highest BCUT2D eigenvalue weighted by molar-refractivity contribution is 6.34. The van der Waals surface area contributed by atoms with Crippen LogP contribution in [0.25, 0.3) is 0 Å². The van der Waals surface area contributed by atoms with Gasteiger partial charge in [-0.2, -0.15) is 0 Å². The molecule has 8 heteroatoms. The summed E-state index contributed by atoms with van der Waals surface area (Å²) < 4.78 is 18.8. The number of nitrogens with zero attached hydrogens (tertiary/aromatic N) is 1. The number of amides is 2. The molecule has 0 radical (unpaired) electrons. The van der Waals surface area contributed by atoms with Crippen LogP contribution in [0.4, 0.5) is 15.8 Å². The molecule has 0 aromatic heterocycles. The Bertz CT molecular complexity index is 934. The van der Waals surface area contributed by atoms with Crippen LogP contribution in [0.5, 0.6) is 0 Å². The molecule has 1 fully saturated rings. The first-order valence-electron chi connectivity index (χ1n) is 8.73. The van der Waals surface area contributed by atoms with Gasteiger partial charge in [0, 0.05) is 13.0 Å². The summed E-state index contributed by atoms with van der Waals surface area (Å²) in [6, 6.07) is 10.1. The van der Waals surface area contributed by atoms with Gasteiger partial charge in [0.05, 0.1) is 22.0 Å². The predicted molar refractivity (Wildman–Crippen MR) is 103 cm³/mol. The van der Waals surface area contributed by atoms with E-state index in [1.54, 1.807) is 6.07 Å². The summed E-state index contributed by atoms with van der Waals surface area (Å²) in [7, 11) is 0. The van der Waals surface area contributed by atoms with Crippen molar-refractivity contribution < 1.29 is 23.5 Å². The summed E-state index contributed by atoms with van der Waals surface area (Å²) in [5, 5.41) is 2.72. The fraction of sp³-hybridized carbons (Fsp3) is 0.250. The number of carbonyl (C=O) groups excluding carboxylic acids is 3. The van der Waals surface area contributed by atoms with E-state index in [0.29, 0.717) is 23.7 Å². The smallest absolute Gasteiger partial charge is 0.338 e. The molecule has 0 aliphatic carbocycles. The van der Waals surface area contributed by atoms with Crippen LogP contribution in [-0.2, 0) is 14.3 Å². The van der Waals surface area contributed by atoms with Gasteiger partial charge in [0.25, 0.3) is 5.91 Å². The molecule has 146 valence electrons. The minimum absolute atomic E-state index is 0.00303. The minimum Gasteiger partial charge on any atom is -0.449 e. The van der Waals surface area contributed by atoms with Crippen LogP contribution in [0.3, 0.4) is 0 Å². The van der Waals surface area contributed by atoms with Crippen LogP contribution >= 0.6 is 11.6 Å². The molecule has 28 heavy (non-hydrogen) atoms. The molecule has 0 spiro atoms. The molecule has 1 heterocycles. The monoisotopic (exact) mass is 404 g/mol. The van der Waals surface area contributed by atoms with E-state index in [1.807, 2.05) is 0 Å². The number of rotatable bonds is 5. The van der Waals surface area contributed by atoms with Crippen molar-refractivity contribution in [3.05, 3.63) is 58.9 Å². The van der Waals surface area contributed by atoms with Crippen molar-refractivity contribution >= 4 is 40.8 Å². The molecule has 1 N–H and O–H groups in total. The fourth-order valence-corrected chi connectivity index (χ4v) is 3.05. The Morgan fingerprint density at radius 2 is 2.00 bits per heavy atom. The number of ether oxygens (including phenoxy) is 1. The van der Waals surface area contributed by atoms with Crippen LogP contribution in [0.1, 0.15) is 30.1 Å². The lowest BCUT2D eigenvalue weighted by Gasteiger charge is -2.19. The van der Waals surface area contributed by atoms with Crippen molar-refractivity contribution in [2.75, 3.05) is 16.8 Å². The normalized spacial score (nSPS) is 14.7. The van der Waals surface area contributed by atoms with E-state index in [0.717, 1.165) is 6.42 Å². The summed E-state index contributed by atoms with van der Waals surface area (Å²) in [5.41, 5.74) is 0.587. The maximum absolute atomic E-state index is 13.6. The Morgan fingerprint density at radius 1 is 1.25 bits per heavy atom. The average molecular weight is 405 g/mol. The minimum atomic E-state index is -1.15. The molecule has 1 aliphatic heterocycles. The number of carbonyl (C=O) groups is 3. The van der Waals surface area contributed by atoms with Gasteiger partial charge >= 0.3 is 5.97 Å². The number of nitrogens with one attached hydrogen (secondary N) is 1. The van der Waals surface area contributed by atoms with E-state index >= 15 is 0 Å². The second-order valence-corrected chi connectivity index (χ2v) is 6.74. The van der Waals surface area contributed by atoms with Crippen molar-refractivity contribution in [3.8, 4) is 0 Å². The Labute approximate surface area is 166 Å². The highest BCUT2D eigenvalue weighted by Gasteiger charge is 2.26. The van der Waals surface area contributed by atoms with Crippen molar-refractivity contribution in [2.24, 2.45) is 0 Å². The lowest BCUT2D eigenvalue weighted by atomic mass is 10.2. The Balaban J connectivity index is 1.69. The molecule has 0 bridgehead atoms. The standard InChI is InChI=1S/C20H18ClFN2O4/c1-12(19(26)23-16-6-3-2-5-15(16)22)28-20(27)13-8-9-14(21)17(11-13)24-10-4-7-18(24)25/h2-3,5-6,8-9,11-12H,4,7,10H2,1H3,(H,23,26)/t12-/m0/s1. The van der Waals surface area contributed by atoms with Crippen molar-refractivity contribution in [2.45, 2.75) is 25.9 Å². The summed E-state index contributed by atoms with van der Waals surface area (Å²) in [4.78, 5) is 38.1. The van der Waals surface area contributed by atoms with E-state index in [9.17, 15) is 18.8 Å². The fourth-order valence-electron chi connectivity index (χ4n) is 2.83. The van der Waals surface area contributed by atoms with Gasteiger partial charge in [0.15, 0.2) is 6.10 Å². The van der Waals surface area contributed by atoms with Gasteiger partial charge in [-0.3, -0.25) is 9.59 Å². The molecule has 0 saturated carbocycles. The predicted octanol–water partition coefficient (Wildman–Crippen LogP) is 3.79. The lowest BCUT2D eigenvalue weighted by Crippen LogP contribution is -2.30. The van der Waals surface area contributed by atoms with Crippen LogP contribution < -0.4 is 10.2 Å². The van der Waals surface area contributed by atoms with E-state index in [1.165, 1.54) is 48.2 Å². The summed E-state index contributed by atoms with van der Waals surface area (Å²) in [5.74, 6) is -2.07. The van der Waals surface area contributed by atoms with Gasteiger partial charge in [-0.05, 0) is 43.7 Å². The van der Waals surface area contributed by atoms with Crippen molar-refractivity contribution in [3.63, 3.8) is 0 Å². The number of anilines is 2. The summed E-state index contributed by atoms with van der Waals surface area (Å²) >= 11 is 6.16. The van der Waals surface area contributed by atoms with Gasteiger partial charge in [0.2, 0.25) is 5.91 Å². The lowest BCUT2D eigenvalue weighted by molar-refractivity contribution is -0.123. The highest BCUT2D eigenvalue weighted by atomic mass is 35.5. The van der Waals surface area contributed by atoms with Gasteiger partial charge in [0.1, 0.15) is 5.82 Å². The second kappa shape index (κ2) is 8.39. The number of benzene rings is 2. The molecule has 1 aliphatic rings. The number of hydrogen-bond donors (Lipinski definition) is 1. The van der Waals surface area contributed by atoms with Crippen molar-refractivity contribution in [1.29, 1.82) is 0 Å². The van der Waals surface area contributed by atoms with Gasteiger partial charge in [-0.25, -0.2) is 9.18 Å². The highest BCUT2D eigenvalue weighted by Crippen LogP contribution is 2.30. The Hall–Kier alpha value is -2.93. The van der Waals surface area contributed by atoms with E-state index in [2.05, 4.69) is 5.32 Å². The molecule has 1 saturated heterocycles. The van der Waals surface area contributed by atoms with Crippen molar-refractivity contribution in [1.82, 2.24) is 0 Å². The zero-order valence-corrected chi connectivity index (χ0v) is 15.8. The summed E-state index contributed by atoms with van der Waals surface area (Å²) in [6.07, 6.45) is -0.00494. The maximum Gasteiger partial charge on any atom is 0.338 e. The third-order valence-electron chi connectivity index (χ3n) is 4.33. The quantitative estimate of drug-likeness (QED) is 0.769. The van der Waals surface area contributed by atoms with Crippen LogP contribution in [0.2, 0.25) is 5.02 Å². The molecule has 2 amide bonds.